The van der Waals surface area contributed by atoms with Crippen molar-refractivity contribution in [3.63, 3.8) is 0 Å². The van der Waals surface area contributed by atoms with Crippen molar-refractivity contribution in [1.29, 1.82) is 0 Å². The van der Waals surface area contributed by atoms with Crippen LogP contribution in [0, 0.1) is 6.92 Å². The Morgan fingerprint density at radius 3 is 3.14 bits per heavy atom. The fourth-order valence-corrected chi connectivity index (χ4v) is 1.84. The van der Waals surface area contributed by atoms with Crippen LogP contribution in [0.15, 0.2) is 0 Å². The molecule has 1 aliphatic heterocycles. The van der Waals surface area contributed by atoms with E-state index in [4.69, 9.17) is 0 Å². The third-order valence-corrected chi connectivity index (χ3v) is 2.38. The minimum Gasteiger partial charge on any atom is -0.353 e. The third-order valence-electron chi connectivity index (χ3n) is 2.38. The molecule has 0 fully saturated rings. The van der Waals surface area contributed by atoms with Gasteiger partial charge >= 0.3 is 0 Å². The van der Waals surface area contributed by atoms with Crippen LogP contribution < -0.4 is 5.32 Å². The first-order valence-electron chi connectivity index (χ1n) is 4.82. The van der Waals surface area contributed by atoms with Crippen LogP contribution >= 0.6 is 0 Å². The van der Waals surface area contributed by atoms with Gasteiger partial charge in [0, 0.05) is 25.9 Å². The first-order chi connectivity index (χ1) is 6.65. The summed E-state index contributed by atoms with van der Waals surface area (Å²) in [4.78, 5) is 15.2. The van der Waals surface area contributed by atoms with E-state index < -0.39 is 0 Å². The van der Waals surface area contributed by atoms with Gasteiger partial charge in [-0.1, -0.05) is 0 Å². The lowest BCUT2D eigenvalue weighted by Gasteiger charge is -2.22. The van der Waals surface area contributed by atoms with Crippen LogP contribution in [0.2, 0.25) is 0 Å². The monoisotopic (exact) mass is 194 g/mol. The van der Waals surface area contributed by atoms with Crippen molar-refractivity contribution in [3.8, 4) is 0 Å². The lowest BCUT2D eigenvalue weighted by molar-refractivity contribution is -0.119. The lowest BCUT2D eigenvalue weighted by atomic mass is 10.1. The summed E-state index contributed by atoms with van der Waals surface area (Å²) in [6.07, 6.45) is 1.73. The average molecular weight is 194 g/mol. The summed E-state index contributed by atoms with van der Waals surface area (Å²) in [6, 6.07) is 0.226. The number of amides is 1. The molecule has 1 aromatic rings. The van der Waals surface area contributed by atoms with Crippen molar-refractivity contribution in [1.82, 2.24) is 20.1 Å². The summed E-state index contributed by atoms with van der Waals surface area (Å²) >= 11 is 0. The molecule has 14 heavy (non-hydrogen) atoms. The highest BCUT2D eigenvalue weighted by Gasteiger charge is 2.21. The highest BCUT2D eigenvalue weighted by atomic mass is 16.1. The minimum absolute atomic E-state index is 0.0275. The molecule has 1 atom stereocenters. The minimum atomic E-state index is 0.0275. The molecule has 2 heterocycles. The topological polar surface area (TPSA) is 59.8 Å². The SMILES string of the molecule is CC(=O)NC1CCn2nc(C)nc2C1. The molecule has 2 rings (SSSR count). The summed E-state index contributed by atoms with van der Waals surface area (Å²) in [5, 5.41) is 7.17. The molecular weight excluding hydrogens is 180 g/mol. The number of aromatic nitrogens is 3. The molecule has 1 aromatic heterocycles. The second-order valence-corrected chi connectivity index (χ2v) is 3.69. The predicted octanol–water partition coefficient (Wildman–Crippen LogP) is 0.0374. The fraction of sp³-hybridized carbons (Fsp3) is 0.667. The van der Waals surface area contributed by atoms with E-state index in [0.29, 0.717) is 0 Å². The summed E-state index contributed by atoms with van der Waals surface area (Å²) in [6.45, 7) is 4.28. The number of rotatable bonds is 1. The summed E-state index contributed by atoms with van der Waals surface area (Å²) in [7, 11) is 0. The maximum Gasteiger partial charge on any atom is 0.217 e. The Morgan fingerprint density at radius 1 is 1.64 bits per heavy atom. The van der Waals surface area contributed by atoms with E-state index in [1.54, 1.807) is 6.92 Å². The van der Waals surface area contributed by atoms with Crippen LogP contribution in [-0.2, 0) is 17.8 Å². The van der Waals surface area contributed by atoms with E-state index in [1.165, 1.54) is 0 Å². The van der Waals surface area contributed by atoms with E-state index in [0.717, 1.165) is 31.0 Å². The molecular formula is C9H14N4O. The Bertz CT molecular complexity index is 358. The number of aryl methyl sites for hydroxylation is 2. The molecule has 0 aliphatic carbocycles. The van der Waals surface area contributed by atoms with Crippen LogP contribution in [-0.4, -0.2) is 26.7 Å². The lowest BCUT2D eigenvalue weighted by Crippen LogP contribution is -2.39. The number of hydrogen-bond donors (Lipinski definition) is 1. The second-order valence-electron chi connectivity index (χ2n) is 3.69. The fourth-order valence-electron chi connectivity index (χ4n) is 1.84. The first-order valence-corrected chi connectivity index (χ1v) is 4.82. The van der Waals surface area contributed by atoms with Crippen molar-refractivity contribution in [2.24, 2.45) is 0 Å². The van der Waals surface area contributed by atoms with Crippen molar-refractivity contribution in [3.05, 3.63) is 11.6 Å². The number of hydrogen-bond acceptors (Lipinski definition) is 3. The van der Waals surface area contributed by atoms with Crippen LogP contribution in [0.4, 0.5) is 0 Å². The Kier molecular flexibility index (Phi) is 2.23. The molecule has 0 saturated carbocycles. The first kappa shape index (κ1) is 9.18. The second kappa shape index (κ2) is 3.40. The molecule has 1 N–H and O–H groups in total. The predicted molar refractivity (Wildman–Crippen MR) is 50.7 cm³/mol. The van der Waals surface area contributed by atoms with Crippen molar-refractivity contribution in [2.75, 3.05) is 0 Å². The van der Waals surface area contributed by atoms with Gasteiger partial charge in [-0.25, -0.2) is 9.67 Å². The van der Waals surface area contributed by atoms with Crippen LogP contribution in [0.5, 0.6) is 0 Å². The third kappa shape index (κ3) is 1.76. The molecule has 1 unspecified atom stereocenters. The van der Waals surface area contributed by atoms with Gasteiger partial charge < -0.3 is 5.32 Å². The van der Waals surface area contributed by atoms with Gasteiger partial charge in [0.2, 0.25) is 5.91 Å². The number of fused-ring (bicyclic) bond motifs is 1. The molecule has 0 bridgehead atoms. The summed E-state index contributed by atoms with van der Waals surface area (Å²) in [5.74, 6) is 1.82. The molecule has 0 spiro atoms. The zero-order valence-corrected chi connectivity index (χ0v) is 8.45. The number of carbonyl (C=O) groups is 1. The van der Waals surface area contributed by atoms with Crippen LogP contribution in [0.1, 0.15) is 25.0 Å². The zero-order valence-electron chi connectivity index (χ0n) is 8.45. The maximum absolute atomic E-state index is 10.9. The molecule has 5 heteroatoms. The smallest absolute Gasteiger partial charge is 0.217 e. The number of carbonyl (C=O) groups excluding carboxylic acids is 1. The van der Waals surface area contributed by atoms with Gasteiger partial charge in [0.05, 0.1) is 0 Å². The Hall–Kier alpha value is -1.39. The van der Waals surface area contributed by atoms with Gasteiger partial charge in [-0.05, 0) is 13.3 Å². The average Bonchev–Trinajstić information content (AvgIpc) is 2.42. The van der Waals surface area contributed by atoms with Gasteiger partial charge in [-0.3, -0.25) is 4.79 Å². The van der Waals surface area contributed by atoms with Crippen molar-refractivity contribution in [2.45, 2.75) is 39.3 Å². The Morgan fingerprint density at radius 2 is 2.43 bits per heavy atom. The van der Waals surface area contributed by atoms with Gasteiger partial charge in [0.15, 0.2) is 0 Å². The molecule has 0 aromatic carbocycles. The van der Waals surface area contributed by atoms with E-state index in [1.807, 2.05) is 11.6 Å². The quantitative estimate of drug-likeness (QED) is 0.686. The molecule has 76 valence electrons. The summed E-state index contributed by atoms with van der Waals surface area (Å²) < 4.78 is 1.92. The molecule has 5 nitrogen and oxygen atoms in total. The maximum atomic E-state index is 10.9. The van der Waals surface area contributed by atoms with Gasteiger partial charge in [0.25, 0.3) is 0 Å². The normalized spacial score (nSPS) is 20.3. The zero-order chi connectivity index (χ0) is 10.1. The van der Waals surface area contributed by atoms with E-state index in [2.05, 4.69) is 15.4 Å². The highest BCUT2D eigenvalue weighted by Crippen LogP contribution is 2.12. The van der Waals surface area contributed by atoms with Crippen molar-refractivity contribution < 1.29 is 4.79 Å². The van der Waals surface area contributed by atoms with Crippen molar-refractivity contribution >= 4 is 5.91 Å². The molecule has 1 aliphatic rings. The van der Waals surface area contributed by atoms with Gasteiger partial charge in [-0.15, -0.1) is 0 Å². The van der Waals surface area contributed by atoms with Gasteiger partial charge in [-0.2, -0.15) is 5.10 Å². The van der Waals surface area contributed by atoms with E-state index in [9.17, 15) is 4.79 Å². The molecule has 1 amide bonds. The van der Waals surface area contributed by atoms with E-state index in [-0.39, 0.29) is 11.9 Å². The molecule has 0 saturated heterocycles. The Balaban J connectivity index is 2.09. The number of nitrogens with zero attached hydrogens (tertiary/aromatic N) is 3. The van der Waals surface area contributed by atoms with Gasteiger partial charge in [0.1, 0.15) is 11.6 Å². The highest BCUT2D eigenvalue weighted by molar-refractivity contribution is 5.73. The van der Waals surface area contributed by atoms with Crippen LogP contribution in [0.3, 0.4) is 0 Å². The summed E-state index contributed by atoms with van der Waals surface area (Å²) in [5.41, 5.74) is 0. The van der Waals surface area contributed by atoms with E-state index >= 15 is 0 Å². The van der Waals surface area contributed by atoms with Crippen LogP contribution in [0.25, 0.3) is 0 Å². The Labute approximate surface area is 82.5 Å². The number of nitrogens with one attached hydrogen (secondary N) is 1. The largest absolute Gasteiger partial charge is 0.353 e. The molecule has 0 radical (unpaired) electrons. The standard InChI is InChI=1S/C9H14N4O/c1-6-10-9-5-8(11-7(2)14)3-4-13(9)12-6/h8H,3-5H2,1-2H3,(H,11,14).